The SMILES string of the molecule is Cc1c[c-]c(-c2nccc3ccccc23)cc1C.Cc1cc(-c2nccc3ccccc23)[c-]cc1F.Cc1cc[c-]c(-c2nccc3ccccc23)c1.[Ir].[Ir].[Ir]. The largest absolute Gasteiger partial charge is 0.304 e. The second kappa shape index (κ2) is 20.6. The Morgan fingerprint density at radius 2 is 0.839 bits per heavy atom. The van der Waals surface area contributed by atoms with E-state index < -0.39 is 0 Å². The van der Waals surface area contributed by atoms with E-state index in [9.17, 15) is 4.39 Å². The number of rotatable bonds is 3. The molecule has 0 atom stereocenters. The summed E-state index contributed by atoms with van der Waals surface area (Å²) in [5.74, 6) is -0.237. The molecule has 285 valence electrons. The summed E-state index contributed by atoms with van der Waals surface area (Å²) in [4.78, 5) is 13.4. The number of halogens is 1. The van der Waals surface area contributed by atoms with E-state index in [4.69, 9.17) is 0 Å². The number of fused-ring (bicyclic) bond motifs is 3. The van der Waals surface area contributed by atoms with Crippen LogP contribution < -0.4 is 0 Å². The van der Waals surface area contributed by atoms with E-state index >= 15 is 0 Å². The third-order valence-electron chi connectivity index (χ3n) is 9.26. The van der Waals surface area contributed by atoms with Gasteiger partial charge >= 0.3 is 0 Å². The van der Waals surface area contributed by atoms with Gasteiger partial charge in [0.25, 0.3) is 0 Å². The number of hydrogen-bond donors (Lipinski definition) is 0. The molecule has 0 N–H and O–H groups in total. The Balaban J connectivity index is 0.000000182. The van der Waals surface area contributed by atoms with E-state index in [1.807, 2.05) is 79.1 Å². The molecule has 3 nitrogen and oxygen atoms in total. The zero-order chi connectivity index (χ0) is 36.7. The summed E-state index contributed by atoms with van der Waals surface area (Å²) in [6.07, 6.45) is 5.48. The number of pyridine rings is 3. The third-order valence-corrected chi connectivity index (χ3v) is 9.26. The zero-order valence-electron chi connectivity index (χ0n) is 31.2. The molecule has 56 heavy (non-hydrogen) atoms. The monoisotopic (exact) mass is 1270 g/mol. The number of aryl methyl sites for hydroxylation is 4. The van der Waals surface area contributed by atoms with Crippen LogP contribution in [0.25, 0.3) is 66.1 Å². The van der Waals surface area contributed by atoms with Gasteiger partial charge in [-0.3, -0.25) is 4.39 Å². The van der Waals surface area contributed by atoms with Gasteiger partial charge in [-0.15, -0.1) is 94.0 Å². The van der Waals surface area contributed by atoms with Crippen LogP contribution in [0.1, 0.15) is 22.3 Å². The van der Waals surface area contributed by atoms with Crippen molar-refractivity contribution < 1.29 is 64.7 Å². The van der Waals surface area contributed by atoms with Crippen LogP contribution in [-0.2, 0) is 60.3 Å². The van der Waals surface area contributed by atoms with E-state index in [2.05, 4.69) is 109 Å². The summed E-state index contributed by atoms with van der Waals surface area (Å²) in [6.45, 7) is 8.06. The molecule has 0 saturated carbocycles. The Morgan fingerprint density at radius 3 is 1.27 bits per heavy atom. The smallest absolute Gasteiger partial charge is 0.0408 e. The Morgan fingerprint density at radius 1 is 0.429 bits per heavy atom. The first-order chi connectivity index (χ1) is 25.9. The summed E-state index contributed by atoms with van der Waals surface area (Å²) in [7, 11) is 0. The standard InChI is InChI=1S/C17H14N.C16H11FN.C16H12N.3Ir/c1-12-7-8-15(11-13(12)2)17-16-6-4-3-5-14(16)9-10-18-17;1-11-10-13(6-7-15(11)17)16-14-5-3-2-4-12(14)8-9-18-16;1-12-5-4-7-14(11-12)16-15-8-3-2-6-13(15)9-10-17-16;;;/h3-7,9-11H,1-2H3;2-5,7-10H,1H3;2-6,8-11H,1H3;;;/q3*-1;;;. The maximum Gasteiger partial charge on any atom is 0.0408 e. The van der Waals surface area contributed by atoms with Crippen molar-refractivity contribution in [2.45, 2.75) is 27.7 Å². The summed E-state index contributed by atoms with van der Waals surface area (Å²) in [6, 6.07) is 53.7. The van der Waals surface area contributed by atoms with Crippen molar-refractivity contribution in [2.24, 2.45) is 0 Å². The Labute approximate surface area is 368 Å². The maximum atomic E-state index is 13.3. The summed E-state index contributed by atoms with van der Waals surface area (Å²) in [5, 5.41) is 6.97. The van der Waals surface area contributed by atoms with Crippen LogP contribution in [-0.4, -0.2) is 15.0 Å². The minimum Gasteiger partial charge on any atom is -0.304 e. The van der Waals surface area contributed by atoms with Crippen molar-refractivity contribution in [3.8, 4) is 33.8 Å². The van der Waals surface area contributed by atoms with E-state index in [-0.39, 0.29) is 66.1 Å². The first-order valence-electron chi connectivity index (χ1n) is 17.5. The molecule has 0 aliphatic carbocycles. The number of benzene rings is 6. The van der Waals surface area contributed by atoms with Gasteiger partial charge in [0, 0.05) is 84.7 Å². The third kappa shape index (κ3) is 10.2. The topological polar surface area (TPSA) is 38.7 Å². The average Bonchev–Trinajstić information content (AvgIpc) is 3.20. The normalized spacial score (nSPS) is 10.2. The fraction of sp³-hybridized carbons (Fsp3) is 0.0816. The van der Waals surface area contributed by atoms with E-state index in [0.29, 0.717) is 5.56 Å². The molecular formula is C49H37FIr3N3-3. The van der Waals surface area contributed by atoms with Crippen molar-refractivity contribution in [3.05, 3.63) is 198 Å². The van der Waals surface area contributed by atoms with Gasteiger partial charge in [-0.2, -0.15) is 0 Å². The predicted octanol–water partition coefficient (Wildman–Crippen LogP) is 12.5. The van der Waals surface area contributed by atoms with Crippen molar-refractivity contribution in [1.82, 2.24) is 15.0 Å². The summed E-state index contributed by atoms with van der Waals surface area (Å²) in [5.41, 5.74) is 10.2. The number of nitrogens with zero attached hydrogens (tertiary/aromatic N) is 3. The Hall–Kier alpha value is -4.57. The van der Waals surface area contributed by atoms with Gasteiger partial charge in [0.2, 0.25) is 0 Å². The van der Waals surface area contributed by atoms with Gasteiger partial charge in [-0.05, 0) is 67.6 Å². The molecule has 3 heterocycles. The Bertz CT molecular complexity index is 2570. The molecule has 9 rings (SSSR count). The van der Waals surface area contributed by atoms with E-state index in [1.165, 1.54) is 44.3 Å². The fourth-order valence-electron chi connectivity index (χ4n) is 6.25. The van der Waals surface area contributed by atoms with Gasteiger partial charge in [0.05, 0.1) is 0 Å². The molecule has 0 aliphatic rings. The van der Waals surface area contributed by atoms with E-state index in [0.717, 1.165) is 44.5 Å². The number of aromatic nitrogens is 3. The fourth-order valence-corrected chi connectivity index (χ4v) is 6.25. The van der Waals surface area contributed by atoms with Gasteiger partial charge in [0.15, 0.2) is 0 Å². The molecule has 0 aliphatic heterocycles. The second-order valence-corrected chi connectivity index (χ2v) is 13.0. The Kier molecular flexibility index (Phi) is 16.2. The minimum absolute atomic E-state index is 0. The van der Waals surface area contributed by atoms with Gasteiger partial charge in [-0.25, -0.2) is 0 Å². The van der Waals surface area contributed by atoms with Gasteiger partial charge in [0.1, 0.15) is 0 Å². The molecule has 0 spiro atoms. The molecule has 0 unspecified atom stereocenters. The molecule has 7 heteroatoms. The molecule has 0 amide bonds. The molecule has 9 aromatic rings. The first kappa shape index (κ1) is 44.1. The zero-order valence-corrected chi connectivity index (χ0v) is 38.3. The van der Waals surface area contributed by atoms with Crippen molar-refractivity contribution in [3.63, 3.8) is 0 Å². The van der Waals surface area contributed by atoms with Crippen LogP contribution in [0.15, 0.2) is 152 Å². The van der Waals surface area contributed by atoms with Crippen LogP contribution in [0.5, 0.6) is 0 Å². The predicted molar refractivity (Wildman–Crippen MR) is 217 cm³/mol. The molecule has 6 aromatic carbocycles. The van der Waals surface area contributed by atoms with Crippen LogP contribution in [0.3, 0.4) is 0 Å². The molecule has 3 aromatic heterocycles. The summed E-state index contributed by atoms with van der Waals surface area (Å²) >= 11 is 0. The minimum atomic E-state index is -0.237. The van der Waals surface area contributed by atoms with Crippen molar-refractivity contribution in [2.75, 3.05) is 0 Å². The molecule has 0 bridgehead atoms. The van der Waals surface area contributed by atoms with Gasteiger partial charge < -0.3 is 15.0 Å². The summed E-state index contributed by atoms with van der Waals surface area (Å²) < 4.78 is 13.3. The first-order valence-corrected chi connectivity index (χ1v) is 17.5. The second-order valence-electron chi connectivity index (χ2n) is 13.0. The van der Waals surface area contributed by atoms with Crippen LogP contribution >= 0.6 is 0 Å². The van der Waals surface area contributed by atoms with Crippen LogP contribution in [0.2, 0.25) is 0 Å². The van der Waals surface area contributed by atoms with Crippen LogP contribution in [0.4, 0.5) is 4.39 Å². The molecule has 0 fully saturated rings. The van der Waals surface area contributed by atoms with Crippen molar-refractivity contribution >= 4 is 32.3 Å². The van der Waals surface area contributed by atoms with E-state index in [1.54, 1.807) is 19.2 Å². The van der Waals surface area contributed by atoms with Crippen molar-refractivity contribution in [1.29, 1.82) is 0 Å². The molecular weight excluding hydrogens is 1230 g/mol. The maximum absolute atomic E-state index is 13.3. The number of hydrogen-bond acceptors (Lipinski definition) is 3. The quantitative estimate of drug-likeness (QED) is 0.166. The van der Waals surface area contributed by atoms with Gasteiger partial charge in [-0.1, -0.05) is 106 Å². The average molecular weight is 1260 g/mol. The molecule has 3 radical (unpaired) electrons. The van der Waals surface area contributed by atoms with Crippen LogP contribution in [0, 0.1) is 51.7 Å². The molecule has 0 saturated heterocycles.